The molecule has 0 aliphatic rings. The van der Waals surface area contributed by atoms with Gasteiger partial charge in [0.15, 0.2) is 6.61 Å². The van der Waals surface area contributed by atoms with Crippen LogP contribution in [-0.4, -0.2) is 48.0 Å². The number of anilines is 1. The second-order valence-corrected chi connectivity index (χ2v) is 6.24. The lowest BCUT2D eigenvalue weighted by Crippen LogP contribution is -2.37. The van der Waals surface area contributed by atoms with Gasteiger partial charge in [-0.3, -0.25) is 9.59 Å². The van der Waals surface area contributed by atoms with Gasteiger partial charge in [-0.1, -0.05) is 18.2 Å². The standard InChI is InChI=1S/C20H22N2O5/c1-13-7-8-14(2)17(9-13)21-18(24)11-22(3)19(25)12-27-20(26)15-5-4-6-16(23)10-15/h4-10,23H,11-12H2,1-3H3,(H,21,24). The number of nitrogens with zero attached hydrogens (tertiary/aromatic N) is 1. The summed E-state index contributed by atoms with van der Waals surface area (Å²) in [7, 11) is 1.45. The monoisotopic (exact) mass is 370 g/mol. The van der Waals surface area contributed by atoms with Crippen molar-refractivity contribution in [3.63, 3.8) is 0 Å². The van der Waals surface area contributed by atoms with E-state index in [0.717, 1.165) is 11.1 Å². The van der Waals surface area contributed by atoms with Gasteiger partial charge >= 0.3 is 5.97 Å². The van der Waals surface area contributed by atoms with Crippen molar-refractivity contribution < 1.29 is 24.2 Å². The third-order valence-electron chi connectivity index (χ3n) is 3.88. The van der Waals surface area contributed by atoms with Crippen LogP contribution in [0.5, 0.6) is 5.75 Å². The number of nitrogens with one attached hydrogen (secondary N) is 1. The van der Waals surface area contributed by atoms with Crippen LogP contribution in [0.3, 0.4) is 0 Å². The molecule has 0 spiro atoms. The summed E-state index contributed by atoms with van der Waals surface area (Å²) >= 11 is 0. The third-order valence-corrected chi connectivity index (χ3v) is 3.88. The first-order chi connectivity index (χ1) is 12.8. The van der Waals surface area contributed by atoms with Crippen LogP contribution in [0.25, 0.3) is 0 Å². The number of rotatable bonds is 6. The van der Waals surface area contributed by atoms with Crippen LogP contribution >= 0.6 is 0 Å². The fraction of sp³-hybridized carbons (Fsp3) is 0.250. The molecule has 0 heterocycles. The Hall–Kier alpha value is -3.35. The number of hydrogen-bond acceptors (Lipinski definition) is 5. The number of carbonyl (C=O) groups is 3. The Morgan fingerprint density at radius 3 is 2.56 bits per heavy atom. The molecule has 27 heavy (non-hydrogen) atoms. The topological polar surface area (TPSA) is 95.9 Å². The minimum atomic E-state index is -0.729. The molecule has 2 aromatic carbocycles. The van der Waals surface area contributed by atoms with Crippen molar-refractivity contribution in [3.8, 4) is 5.75 Å². The van der Waals surface area contributed by atoms with Gasteiger partial charge < -0.3 is 20.1 Å². The second-order valence-electron chi connectivity index (χ2n) is 6.24. The zero-order valence-corrected chi connectivity index (χ0v) is 15.5. The minimum absolute atomic E-state index is 0.0731. The maximum atomic E-state index is 12.1. The first-order valence-corrected chi connectivity index (χ1v) is 8.33. The van der Waals surface area contributed by atoms with Gasteiger partial charge in [-0.2, -0.15) is 0 Å². The Morgan fingerprint density at radius 2 is 1.85 bits per heavy atom. The number of likely N-dealkylation sites (N-methyl/N-ethyl adjacent to an activating group) is 1. The van der Waals surface area contributed by atoms with Crippen LogP contribution < -0.4 is 5.32 Å². The Bertz CT molecular complexity index is 863. The fourth-order valence-corrected chi connectivity index (χ4v) is 2.32. The van der Waals surface area contributed by atoms with Gasteiger partial charge in [0.05, 0.1) is 12.1 Å². The molecule has 0 fully saturated rings. The molecule has 0 aliphatic carbocycles. The highest BCUT2D eigenvalue weighted by atomic mass is 16.5. The molecule has 7 heteroatoms. The average molecular weight is 370 g/mol. The summed E-state index contributed by atoms with van der Waals surface area (Å²) in [6.45, 7) is 3.13. The van der Waals surface area contributed by atoms with Gasteiger partial charge in [0, 0.05) is 12.7 Å². The molecule has 2 amide bonds. The molecular weight excluding hydrogens is 348 g/mol. The molecule has 7 nitrogen and oxygen atoms in total. The number of phenolic OH excluding ortho intramolecular Hbond substituents is 1. The van der Waals surface area contributed by atoms with E-state index in [9.17, 15) is 19.5 Å². The lowest BCUT2D eigenvalue weighted by Gasteiger charge is -2.17. The van der Waals surface area contributed by atoms with Crippen LogP contribution in [0, 0.1) is 13.8 Å². The van der Waals surface area contributed by atoms with E-state index in [0.29, 0.717) is 5.69 Å². The van der Waals surface area contributed by atoms with Crippen LogP contribution in [0.4, 0.5) is 5.69 Å². The first kappa shape index (κ1) is 20.0. The van der Waals surface area contributed by atoms with Gasteiger partial charge in [0.2, 0.25) is 5.91 Å². The number of phenols is 1. The van der Waals surface area contributed by atoms with Gasteiger partial charge in [-0.05, 0) is 49.2 Å². The number of amides is 2. The van der Waals surface area contributed by atoms with Crippen LogP contribution in [0.15, 0.2) is 42.5 Å². The molecule has 0 aromatic heterocycles. The molecule has 0 saturated heterocycles. The number of aryl methyl sites for hydroxylation is 2. The summed E-state index contributed by atoms with van der Waals surface area (Å²) in [6, 6.07) is 11.3. The van der Waals surface area contributed by atoms with Crippen molar-refractivity contribution in [3.05, 3.63) is 59.2 Å². The van der Waals surface area contributed by atoms with Crippen LogP contribution in [-0.2, 0) is 14.3 Å². The van der Waals surface area contributed by atoms with Crippen molar-refractivity contribution in [1.29, 1.82) is 0 Å². The summed E-state index contributed by atoms with van der Waals surface area (Å²) < 4.78 is 4.93. The summed E-state index contributed by atoms with van der Waals surface area (Å²) in [5.74, 6) is -1.66. The quantitative estimate of drug-likeness (QED) is 0.761. The predicted molar refractivity (Wildman–Crippen MR) is 101 cm³/mol. The molecular formula is C20H22N2O5. The van der Waals surface area contributed by atoms with E-state index in [1.54, 1.807) is 0 Å². The Labute approximate surface area is 157 Å². The summed E-state index contributed by atoms with van der Waals surface area (Å²) in [4.78, 5) is 37.3. The summed E-state index contributed by atoms with van der Waals surface area (Å²) in [5, 5.41) is 12.1. The highest BCUT2D eigenvalue weighted by Crippen LogP contribution is 2.16. The predicted octanol–water partition coefficient (Wildman–Crippen LogP) is 2.26. The van der Waals surface area contributed by atoms with E-state index in [4.69, 9.17) is 4.74 Å². The van der Waals surface area contributed by atoms with Crippen molar-refractivity contribution in [1.82, 2.24) is 4.90 Å². The molecule has 0 atom stereocenters. The number of carbonyl (C=O) groups excluding carboxylic acids is 3. The van der Waals surface area contributed by atoms with Gasteiger partial charge in [-0.25, -0.2) is 4.79 Å². The maximum Gasteiger partial charge on any atom is 0.338 e. The molecule has 0 saturated carbocycles. The lowest BCUT2D eigenvalue weighted by molar-refractivity contribution is -0.136. The van der Waals surface area contributed by atoms with Crippen molar-refractivity contribution in [2.45, 2.75) is 13.8 Å². The van der Waals surface area contributed by atoms with E-state index < -0.39 is 18.5 Å². The number of ether oxygens (including phenoxy) is 1. The summed E-state index contributed by atoms with van der Waals surface area (Å²) in [6.07, 6.45) is 0. The van der Waals surface area contributed by atoms with E-state index in [2.05, 4.69) is 5.32 Å². The molecule has 2 N–H and O–H groups in total. The van der Waals surface area contributed by atoms with Crippen molar-refractivity contribution >= 4 is 23.5 Å². The number of hydrogen-bond donors (Lipinski definition) is 2. The van der Waals surface area contributed by atoms with Crippen LogP contribution in [0.2, 0.25) is 0 Å². The Morgan fingerprint density at radius 1 is 1.11 bits per heavy atom. The Balaban J connectivity index is 1.85. The average Bonchev–Trinajstić information content (AvgIpc) is 2.62. The molecule has 0 aliphatic heterocycles. The van der Waals surface area contributed by atoms with E-state index in [1.165, 1.54) is 36.2 Å². The van der Waals surface area contributed by atoms with Crippen molar-refractivity contribution in [2.24, 2.45) is 0 Å². The number of benzene rings is 2. The van der Waals surface area contributed by atoms with Crippen LogP contribution in [0.1, 0.15) is 21.5 Å². The lowest BCUT2D eigenvalue weighted by atomic mass is 10.1. The van der Waals surface area contributed by atoms with Gasteiger partial charge in [0.1, 0.15) is 5.75 Å². The highest BCUT2D eigenvalue weighted by Gasteiger charge is 2.16. The molecule has 2 aromatic rings. The van der Waals surface area contributed by atoms with Gasteiger partial charge in [0.25, 0.3) is 5.91 Å². The highest BCUT2D eigenvalue weighted by molar-refractivity contribution is 5.96. The second kappa shape index (κ2) is 8.84. The minimum Gasteiger partial charge on any atom is -0.508 e. The Kier molecular flexibility index (Phi) is 6.54. The molecule has 142 valence electrons. The van der Waals surface area contributed by atoms with E-state index >= 15 is 0 Å². The number of esters is 1. The SMILES string of the molecule is Cc1ccc(C)c(NC(=O)CN(C)C(=O)COC(=O)c2cccc(O)c2)c1. The smallest absolute Gasteiger partial charge is 0.338 e. The fourth-order valence-electron chi connectivity index (χ4n) is 2.32. The first-order valence-electron chi connectivity index (χ1n) is 8.33. The third kappa shape index (κ3) is 5.85. The summed E-state index contributed by atoms with van der Waals surface area (Å²) in [5.41, 5.74) is 2.76. The normalized spacial score (nSPS) is 10.2. The zero-order chi connectivity index (χ0) is 20.0. The van der Waals surface area contributed by atoms with E-state index in [-0.39, 0.29) is 23.8 Å². The molecule has 0 bridgehead atoms. The molecule has 2 rings (SSSR count). The van der Waals surface area contributed by atoms with E-state index in [1.807, 2.05) is 32.0 Å². The van der Waals surface area contributed by atoms with Gasteiger partial charge in [-0.15, -0.1) is 0 Å². The molecule has 0 radical (unpaired) electrons. The van der Waals surface area contributed by atoms with Crippen molar-refractivity contribution in [2.75, 3.05) is 25.5 Å². The molecule has 0 unspecified atom stereocenters. The largest absolute Gasteiger partial charge is 0.508 e. The number of aromatic hydroxyl groups is 1. The maximum absolute atomic E-state index is 12.1. The zero-order valence-electron chi connectivity index (χ0n) is 15.5.